The summed E-state index contributed by atoms with van der Waals surface area (Å²) in [7, 11) is 1.57. The number of nitriles is 1. The van der Waals surface area contributed by atoms with E-state index in [1.807, 2.05) is 69.6 Å². The van der Waals surface area contributed by atoms with Gasteiger partial charge in [0.15, 0.2) is 0 Å². The molecule has 8 rings (SSSR count). The van der Waals surface area contributed by atoms with Crippen molar-refractivity contribution in [3.63, 3.8) is 0 Å². The van der Waals surface area contributed by atoms with Crippen LogP contribution in [0, 0.1) is 29.1 Å². The Morgan fingerprint density at radius 1 is 1.00 bits per heavy atom. The number of methoxy groups -OCH3 is 1. The number of nitrogens with one attached hydrogen (secondary N) is 3. The van der Waals surface area contributed by atoms with Crippen LogP contribution in [0.2, 0.25) is 5.02 Å². The average Bonchev–Trinajstić information content (AvgIpc) is 4.04. The van der Waals surface area contributed by atoms with Crippen molar-refractivity contribution < 1.29 is 29.0 Å². The molecule has 2 bridgehead atoms. The first-order chi connectivity index (χ1) is 34.6. The molecule has 1 saturated carbocycles. The molecular formula is C57H73ClN8O6S. The lowest BCUT2D eigenvalue weighted by Gasteiger charge is -2.63. The van der Waals surface area contributed by atoms with Gasteiger partial charge in [0, 0.05) is 86.0 Å². The van der Waals surface area contributed by atoms with E-state index in [9.17, 15) is 24.8 Å². The fraction of sp³-hybridized carbons (Fsp3) is 0.526. The van der Waals surface area contributed by atoms with E-state index in [4.69, 9.17) is 21.1 Å². The van der Waals surface area contributed by atoms with Crippen LogP contribution in [0.5, 0.6) is 5.75 Å². The zero-order chi connectivity index (χ0) is 52.6. The van der Waals surface area contributed by atoms with Crippen molar-refractivity contribution in [2.75, 3.05) is 39.8 Å². The average molecular weight is 1030 g/mol. The first-order valence-electron chi connectivity index (χ1n) is 25.6. The molecule has 0 spiro atoms. The number of carbonyl (C=O) groups excluding carboxylic acids is 3. The van der Waals surface area contributed by atoms with E-state index in [2.05, 4.69) is 83.2 Å². The molecule has 3 saturated heterocycles. The van der Waals surface area contributed by atoms with Gasteiger partial charge in [-0.15, -0.1) is 11.3 Å². The highest BCUT2D eigenvalue weighted by Gasteiger charge is 2.64. The Bertz CT molecular complexity index is 2670. The van der Waals surface area contributed by atoms with E-state index in [1.54, 1.807) is 36.6 Å². The highest BCUT2D eigenvalue weighted by molar-refractivity contribution is 7.13. The number of ether oxygens (including phenoxy) is 2. The van der Waals surface area contributed by atoms with Gasteiger partial charge in [-0.1, -0.05) is 82.3 Å². The molecule has 390 valence electrons. The third-order valence-corrected chi connectivity index (χ3v) is 17.4. The SMILES string of the molecule is C=C(CN1CC2CCC(C1)N2CCCc1ccc(C(=O)N[C@H]2C(C)(C)[C@H](Oc3ccc(C#N)c(Cl)c3)C2(C)C)cc1)NC(C(=O)N1C[C@H](O)C[C@H]1C(=O)N[C@@H](C)c1ccc(-c2scnc2C)cc1)C(C)(C)OC. The predicted molar refractivity (Wildman–Crippen MR) is 286 cm³/mol. The van der Waals surface area contributed by atoms with E-state index >= 15 is 0 Å². The number of amides is 3. The van der Waals surface area contributed by atoms with Gasteiger partial charge in [0.25, 0.3) is 5.91 Å². The Balaban J connectivity index is 0.799. The van der Waals surface area contributed by atoms with Crippen LogP contribution in [-0.2, 0) is 20.7 Å². The van der Waals surface area contributed by atoms with Gasteiger partial charge in [0.2, 0.25) is 11.8 Å². The van der Waals surface area contributed by atoms with Gasteiger partial charge in [-0.2, -0.15) is 5.26 Å². The topological polar surface area (TPSA) is 172 Å². The van der Waals surface area contributed by atoms with Crippen molar-refractivity contribution in [3.05, 3.63) is 117 Å². The van der Waals surface area contributed by atoms with E-state index in [0.29, 0.717) is 46.2 Å². The first-order valence-corrected chi connectivity index (χ1v) is 26.9. The minimum Gasteiger partial charge on any atom is -0.489 e. The molecule has 1 aromatic heterocycles. The summed E-state index contributed by atoms with van der Waals surface area (Å²) in [6.07, 6.45) is 3.29. The lowest BCUT2D eigenvalue weighted by molar-refractivity contribution is -0.164. The van der Waals surface area contributed by atoms with Crippen LogP contribution in [0.1, 0.15) is 113 Å². The second-order valence-corrected chi connectivity index (χ2v) is 23.7. The number of carbonyl (C=O) groups is 3. The summed E-state index contributed by atoms with van der Waals surface area (Å²) in [5, 5.41) is 30.3. The first kappa shape index (κ1) is 53.9. The molecule has 4 aliphatic rings. The van der Waals surface area contributed by atoms with E-state index in [-0.39, 0.29) is 59.7 Å². The summed E-state index contributed by atoms with van der Waals surface area (Å²) in [5.74, 6) is -0.145. The molecule has 0 radical (unpaired) electrons. The van der Waals surface area contributed by atoms with Gasteiger partial charge in [0.05, 0.1) is 44.4 Å². The normalized spacial score (nSPS) is 24.2. The smallest absolute Gasteiger partial charge is 0.251 e. The van der Waals surface area contributed by atoms with Crippen LogP contribution in [0.25, 0.3) is 10.4 Å². The zero-order valence-corrected chi connectivity index (χ0v) is 45.4. The number of piperazine rings is 1. The Hall–Kier alpha value is -5.34. The number of aliphatic hydroxyl groups excluding tert-OH is 1. The third kappa shape index (κ3) is 11.5. The van der Waals surface area contributed by atoms with Crippen LogP contribution >= 0.6 is 22.9 Å². The van der Waals surface area contributed by atoms with Crippen molar-refractivity contribution in [1.29, 1.82) is 5.26 Å². The lowest BCUT2D eigenvalue weighted by Crippen LogP contribution is -2.74. The van der Waals surface area contributed by atoms with E-state index < -0.39 is 23.8 Å². The number of benzene rings is 3. The summed E-state index contributed by atoms with van der Waals surface area (Å²) in [6.45, 7) is 23.8. The summed E-state index contributed by atoms with van der Waals surface area (Å²) in [5.41, 5.74) is 6.06. The Morgan fingerprint density at radius 3 is 2.27 bits per heavy atom. The molecule has 73 heavy (non-hydrogen) atoms. The van der Waals surface area contributed by atoms with Crippen LogP contribution < -0.4 is 20.7 Å². The fourth-order valence-electron chi connectivity index (χ4n) is 12.2. The third-order valence-electron chi connectivity index (χ3n) is 16.1. The van der Waals surface area contributed by atoms with Crippen molar-refractivity contribution in [1.82, 2.24) is 35.6 Å². The standard InChI is InChI=1S/C57H73ClN8O6S/c1-34(61-49(57(8,9)71-10)52(70)66-32-44(67)26-47(66)51(69)62-35(2)38-17-19-39(20-18-38)48-36(3)60-33-73-48)29-64-30-42-22-23-43(31-64)65(42)25-11-12-37-13-15-40(16-14-37)50(68)63-53-55(4,5)54(56(53,6)7)72-45-24-21-41(28-59)46(58)27-45/h13-21,24,27,33,35,42-44,47,49,53-54,61,67H,1,11-12,22-23,25-26,29-32H2,2-10H3,(H,62,69)(H,63,68)/t35-,42?,43?,44+,47-,49?,53-,54-/m0/s1. The quantitative estimate of drug-likeness (QED) is 0.0716. The summed E-state index contributed by atoms with van der Waals surface area (Å²) in [6, 6.07) is 21.9. The van der Waals surface area contributed by atoms with Gasteiger partial charge in [-0.25, -0.2) is 4.98 Å². The zero-order valence-electron chi connectivity index (χ0n) is 43.8. The highest BCUT2D eigenvalue weighted by Crippen LogP contribution is 2.55. The van der Waals surface area contributed by atoms with Crippen LogP contribution in [0.15, 0.2) is 84.5 Å². The maximum Gasteiger partial charge on any atom is 0.251 e. The summed E-state index contributed by atoms with van der Waals surface area (Å²) >= 11 is 7.87. The molecule has 3 amide bonds. The van der Waals surface area contributed by atoms with Crippen LogP contribution in [0.4, 0.5) is 0 Å². The number of aliphatic hydroxyl groups is 1. The maximum absolute atomic E-state index is 14.5. The molecule has 16 heteroatoms. The molecule has 3 aliphatic heterocycles. The molecule has 3 unspecified atom stereocenters. The second-order valence-electron chi connectivity index (χ2n) is 22.4. The van der Waals surface area contributed by atoms with Crippen molar-refractivity contribution >= 4 is 40.7 Å². The number of aryl methyl sites for hydroxylation is 2. The number of nitrogens with zero attached hydrogens (tertiary/aromatic N) is 5. The Labute approximate surface area is 440 Å². The molecule has 4 fully saturated rings. The number of hydrogen-bond acceptors (Lipinski definition) is 12. The largest absolute Gasteiger partial charge is 0.489 e. The summed E-state index contributed by atoms with van der Waals surface area (Å²) < 4.78 is 12.3. The fourth-order valence-corrected chi connectivity index (χ4v) is 13.2. The van der Waals surface area contributed by atoms with Gasteiger partial charge in [-0.05, 0) is 101 Å². The molecule has 4 heterocycles. The lowest BCUT2D eigenvalue weighted by atomic mass is 9.49. The predicted octanol–water partition coefficient (Wildman–Crippen LogP) is 8.07. The van der Waals surface area contributed by atoms with E-state index in [0.717, 1.165) is 67.0 Å². The second kappa shape index (κ2) is 21.9. The molecule has 6 atom stereocenters. The summed E-state index contributed by atoms with van der Waals surface area (Å²) in [4.78, 5) is 54.1. The number of likely N-dealkylation sites (tertiary alicyclic amines) is 2. The maximum atomic E-state index is 14.5. The van der Waals surface area contributed by atoms with Gasteiger partial charge >= 0.3 is 0 Å². The number of rotatable bonds is 19. The van der Waals surface area contributed by atoms with Gasteiger partial charge in [-0.3, -0.25) is 24.2 Å². The van der Waals surface area contributed by atoms with Crippen LogP contribution in [0.3, 0.4) is 0 Å². The van der Waals surface area contributed by atoms with Crippen molar-refractivity contribution in [2.45, 2.75) is 142 Å². The number of aromatic nitrogens is 1. The van der Waals surface area contributed by atoms with Crippen LogP contribution in [-0.4, -0.2) is 130 Å². The van der Waals surface area contributed by atoms with E-state index in [1.165, 1.54) is 10.5 Å². The minimum absolute atomic E-state index is 0.0440. The molecule has 14 nitrogen and oxygen atoms in total. The number of halogens is 1. The minimum atomic E-state index is -0.958. The molecule has 3 aromatic carbocycles. The van der Waals surface area contributed by atoms with Gasteiger partial charge in [0.1, 0.15) is 30.0 Å². The molecule has 1 aliphatic carbocycles. The number of fused-ring (bicyclic) bond motifs is 2. The monoisotopic (exact) mass is 1030 g/mol. The Morgan fingerprint density at radius 2 is 1.67 bits per heavy atom. The molecule has 4 aromatic rings. The number of hydrogen-bond donors (Lipinski definition) is 4. The van der Waals surface area contributed by atoms with Gasteiger partial charge < -0.3 is 35.4 Å². The highest BCUT2D eigenvalue weighted by atomic mass is 35.5. The number of β-amino-alcohol motifs (C(OH)–C–C–N with tert-alkyl or cyclic N) is 1. The van der Waals surface area contributed by atoms with Crippen molar-refractivity contribution in [2.24, 2.45) is 10.8 Å². The molecular weight excluding hydrogens is 960 g/mol. The van der Waals surface area contributed by atoms with Crippen molar-refractivity contribution in [3.8, 4) is 22.3 Å². The number of thiazole rings is 1. The molecule has 4 N–H and O–H groups in total. The Kier molecular flexibility index (Phi) is 16.2.